The van der Waals surface area contributed by atoms with Gasteiger partial charge in [-0.3, -0.25) is 33.6 Å². The molecule has 0 aliphatic carbocycles. The van der Waals surface area contributed by atoms with E-state index in [1.807, 2.05) is 24.3 Å². The molecule has 0 spiro atoms. The lowest BCUT2D eigenvalue weighted by Crippen LogP contribution is -2.47. The van der Waals surface area contributed by atoms with Gasteiger partial charge in [0.15, 0.2) is 23.1 Å². The second kappa shape index (κ2) is 22.1. The third kappa shape index (κ3) is 11.8. The number of likely N-dealkylation sites (N-methyl/N-ethyl adjacent to an activating group) is 1. The van der Waals surface area contributed by atoms with Gasteiger partial charge in [-0.15, -0.1) is 11.8 Å². The van der Waals surface area contributed by atoms with E-state index in [0.29, 0.717) is 59.1 Å². The van der Waals surface area contributed by atoms with E-state index in [0.717, 1.165) is 11.1 Å². The maximum Gasteiger partial charge on any atom is 0.227 e. The Balaban J connectivity index is 1.30. The average Bonchev–Trinajstić information content (AvgIpc) is 3.80. The molecule has 0 unspecified atom stereocenters. The van der Waals surface area contributed by atoms with Crippen molar-refractivity contribution in [3.05, 3.63) is 107 Å². The molecule has 4 aromatic rings. The van der Waals surface area contributed by atoms with E-state index in [9.17, 15) is 43.8 Å². The first kappa shape index (κ1) is 49.6. The number of ketones is 4. The molecular weight excluding hydrogens is 880 g/mol. The lowest BCUT2D eigenvalue weighted by Gasteiger charge is -2.32. The monoisotopic (exact) mass is 936 g/mol. The molecule has 13 nitrogen and oxygen atoms in total. The number of halogens is 1. The van der Waals surface area contributed by atoms with Gasteiger partial charge in [-0.05, 0) is 91.4 Å². The number of unbranched alkanes of at least 4 members (excludes halogenated alkanes) is 1. The molecule has 2 aliphatic heterocycles. The molecule has 5 N–H and O–H groups in total. The summed E-state index contributed by atoms with van der Waals surface area (Å²) >= 11 is 7.52. The number of amides is 3. The van der Waals surface area contributed by atoms with Crippen molar-refractivity contribution >= 4 is 64.2 Å². The van der Waals surface area contributed by atoms with E-state index in [2.05, 4.69) is 5.32 Å². The topological polar surface area (TPSA) is 204 Å². The van der Waals surface area contributed by atoms with Crippen LogP contribution in [0.3, 0.4) is 0 Å². The zero-order chi connectivity index (χ0) is 47.8. The molecule has 4 aromatic carbocycles. The van der Waals surface area contributed by atoms with Crippen LogP contribution in [0.1, 0.15) is 86.8 Å². The molecule has 6 rings (SSSR count). The van der Waals surface area contributed by atoms with Crippen molar-refractivity contribution in [2.45, 2.75) is 83.8 Å². The number of phenolic OH excluding ortho intramolecular Hbond substituents is 2. The van der Waals surface area contributed by atoms with Gasteiger partial charge in [0.05, 0.1) is 18.0 Å². The maximum atomic E-state index is 14.7. The van der Waals surface area contributed by atoms with Crippen LogP contribution in [0.4, 0.5) is 0 Å². The summed E-state index contributed by atoms with van der Waals surface area (Å²) in [7, 11) is 1.47. The smallest absolute Gasteiger partial charge is 0.227 e. The molecule has 6 atom stereocenters. The number of nitrogens with zero attached hydrogens (tertiary/aromatic N) is 2. The third-order valence-corrected chi connectivity index (χ3v) is 13.8. The Morgan fingerprint density at radius 3 is 2.17 bits per heavy atom. The number of fused-ring (bicyclic) bond motifs is 5. The Kier molecular flexibility index (Phi) is 16.6. The molecule has 2 aliphatic rings. The molecule has 1 saturated heterocycles. The van der Waals surface area contributed by atoms with Crippen LogP contribution < -0.4 is 11.1 Å². The van der Waals surface area contributed by atoms with Crippen LogP contribution in [0.25, 0.3) is 22.3 Å². The number of aromatic hydroxyl groups is 2. The first-order valence-electron chi connectivity index (χ1n) is 22.2. The minimum atomic E-state index is -1.29. The summed E-state index contributed by atoms with van der Waals surface area (Å²) < 4.78 is 0. The van der Waals surface area contributed by atoms with Crippen molar-refractivity contribution in [2.75, 3.05) is 25.2 Å². The Morgan fingerprint density at radius 1 is 0.879 bits per heavy atom. The summed E-state index contributed by atoms with van der Waals surface area (Å²) in [5, 5.41) is 25.8. The number of Topliss-reactive ketones (excluding diaryl/α,β-unsaturated/α-hetero) is 4. The molecule has 15 heteroatoms. The highest BCUT2D eigenvalue weighted by Crippen LogP contribution is 2.40. The van der Waals surface area contributed by atoms with E-state index in [1.165, 1.54) is 59.8 Å². The Bertz CT molecular complexity index is 2480. The molecule has 0 aromatic heterocycles. The summed E-state index contributed by atoms with van der Waals surface area (Å²) in [5.74, 6) is -5.07. The predicted molar refractivity (Wildman–Crippen MR) is 255 cm³/mol. The van der Waals surface area contributed by atoms with Gasteiger partial charge >= 0.3 is 0 Å². The lowest BCUT2D eigenvalue weighted by atomic mass is 9.87. The van der Waals surface area contributed by atoms with Crippen LogP contribution in [-0.2, 0) is 35.2 Å². The highest BCUT2D eigenvalue weighted by atomic mass is 35.5. The molecule has 2 heterocycles. The average molecular weight is 938 g/mol. The van der Waals surface area contributed by atoms with Crippen LogP contribution in [0, 0.1) is 17.8 Å². The highest BCUT2D eigenvalue weighted by molar-refractivity contribution is 7.99. The molecule has 4 bridgehead atoms. The van der Waals surface area contributed by atoms with Crippen molar-refractivity contribution < 1.29 is 43.8 Å². The van der Waals surface area contributed by atoms with Gasteiger partial charge in [0.25, 0.3) is 0 Å². The fraction of sp³-hybridized carbons (Fsp3) is 0.392. The number of thioether (sulfide) groups is 1. The zero-order valence-corrected chi connectivity index (χ0v) is 39.2. The second-order valence-corrected chi connectivity index (χ2v) is 19.0. The number of phenols is 2. The Morgan fingerprint density at radius 2 is 1.52 bits per heavy atom. The number of rotatable bonds is 15. The quantitative estimate of drug-likeness (QED) is 0.0687. The Labute approximate surface area is 394 Å². The van der Waals surface area contributed by atoms with E-state index in [-0.39, 0.29) is 65.8 Å². The largest absolute Gasteiger partial charge is 0.507 e. The fourth-order valence-corrected chi connectivity index (χ4v) is 10.1. The zero-order valence-electron chi connectivity index (χ0n) is 37.6. The first-order chi connectivity index (χ1) is 31.5. The normalized spacial score (nSPS) is 19.6. The number of hydrogen-bond acceptors (Lipinski definition) is 11. The molecular formula is C51H57ClN4O9S. The molecule has 3 amide bonds. The van der Waals surface area contributed by atoms with E-state index in [1.54, 1.807) is 50.2 Å². The van der Waals surface area contributed by atoms with Gasteiger partial charge in [0, 0.05) is 71.5 Å². The summed E-state index contributed by atoms with van der Waals surface area (Å²) in [6.07, 6.45) is 0.676. The van der Waals surface area contributed by atoms with Crippen LogP contribution in [0.5, 0.6) is 11.5 Å². The second-order valence-electron chi connectivity index (χ2n) is 17.5. The van der Waals surface area contributed by atoms with Crippen molar-refractivity contribution in [2.24, 2.45) is 23.5 Å². The van der Waals surface area contributed by atoms with Crippen LogP contribution in [0.2, 0.25) is 5.02 Å². The van der Waals surface area contributed by atoms with Gasteiger partial charge in [0.1, 0.15) is 17.5 Å². The highest BCUT2D eigenvalue weighted by Gasteiger charge is 2.38. The summed E-state index contributed by atoms with van der Waals surface area (Å²) in [6.45, 7) is 4.97. The van der Waals surface area contributed by atoms with Gasteiger partial charge < -0.3 is 31.1 Å². The maximum absolute atomic E-state index is 14.7. The van der Waals surface area contributed by atoms with Crippen molar-refractivity contribution in [1.29, 1.82) is 0 Å². The summed E-state index contributed by atoms with van der Waals surface area (Å²) in [5.41, 5.74) is 9.19. The number of benzene rings is 4. The lowest BCUT2D eigenvalue weighted by molar-refractivity contribution is -0.142. The predicted octanol–water partition coefficient (Wildman–Crippen LogP) is 7.32. The first-order valence-corrected chi connectivity index (χ1v) is 23.8. The van der Waals surface area contributed by atoms with E-state index in [4.69, 9.17) is 17.3 Å². The fourth-order valence-electron chi connectivity index (χ4n) is 8.70. The molecule has 348 valence electrons. The Hall–Kier alpha value is -5.83. The minimum Gasteiger partial charge on any atom is -0.507 e. The number of nitrogens with two attached hydrogens (primary N) is 1. The van der Waals surface area contributed by atoms with Gasteiger partial charge in [-0.2, -0.15) is 0 Å². The number of carbonyl (C=O) groups is 7. The molecule has 66 heavy (non-hydrogen) atoms. The standard InChI is InChI=1S/C51H57ClN4O9S/c1-29-21-47(62)48(55(4)51(65)37(7-5-6-20-53)26-45(60)35-11-9-33(10-12-35)34-13-16-38(52)17-14-34)36-15-19-44(59)40(25-36)39-23-32(8-18-43(39)58)24-41(54-49(29)63)46(61)22-30(2)50(64)56-28-66-27-42(56)31(3)57/h8-19,23,25,29-30,37,41-42,48,58-59H,5-7,20-22,24,26-28,53H2,1-4H3,(H,54,63)/t29-,30-,37-,41+,42-,48+/m1/s1. The van der Waals surface area contributed by atoms with Gasteiger partial charge in [-0.25, -0.2) is 0 Å². The molecule has 0 radical (unpaired) electrons. The molecule has 0 saturated carbocycles. The van der Waals surface area contributed by atoms with Crippen molar-refractivity contribution in [1.82, 2.24) is 15.1 Å². The van der Waals surface area contributed by atoms with Crippen LogP contribution in [-0.4, -0.2) is 98.2 Å². The van der Waals surface area contributed by atoms with Crippen molar-refractivity contribution in [3.63, 3.8) is 0 Å². The third-order valence-electron chi connectivity index (χ3n) is 12.6. The van der Waals surface area contributed by atoms with Crippen LogP contribution in [0.15, 0.2) is 84.9 Å². The summed E-state index contributed by atoms with van der Waals surface area (Å²) in [4.78, 5) is 99.8. The minimum absolute atomic E-state index is 0.0356. The van der Waals surface area contributed by atoms with E-state index >= 15 is 0 Å². The van der Waals surface area contributed by atoms with Crippen molar-refractivity contribution in [3.8, 4) is 33.8 Å². The SMILES string of the molecule is CC(=O)[C@H]1CSCN1C(=O)[C@H](C)CC(=O)[C@@H]1Cc2ccc(O)c(c2)-c2cc(ccc2O)[C@H](N(C)C(=O)[C@H](CCCCN)CC(=O)c2ccc(-c3ccc(Cl)cc3)cc2)C(=O)C[C@@H](C)C(=O)N1. The number of nitrogens with one attached hydrogen (secondary N) is 1. The summed E-state index contributed by atoms with van der Waals surface area (Å²) in [6, 6.07) is 20.4. The molecule has 1 fully saturated rings. The van der Waals surface area contributed by atoms with Gasteiger partial charge in [0.2, 0.25) is 17.7 Å². The number of carbonyl (C=O) groups excluding carboxylic acids is 7. The van der Waals surface area contributed by atoms with Gasteiger partial charge in [-0.1, -0.05) is 80.4 Å². The number of hydrogen-bond donors (Lipinski definition) is 4. The van der Waals surface area contributed by atoms with E-state index < -0.39 is 59.3 Å². The van der Waals surface area contributed by atoms with Crippen LogP contribution >= 0.6 is 23.4 Å².